The van der Waals surface area contributed by atoms with Crippen LogP contribution >= 0.6 is 11.3 Å². The molecule has 2 aromatic heterocycles. The molecule has 3 N–H and O–H groups in total. The summed E-state index contributed by atoms with van der Waals surface area (Å²) in [7, 11) is 1.89. The van der Waals surface area contributed by atoms with Crippen molar-refractivity contribution < 1.29 is 10.1 Å². The second-order valence-electron chi connectivity index (χ2n) is 7.47. The van der Waals surface area contributed by atoms with Crippen molar-refractivity contribution in [2.24, 2.45) is 7.05 Å². The fourth-order valence-corrected chi connectivity index (χ4v) is 4.19. The van der Waals surface area contributed by atoms with E-state index in [1.165, 1.54) is 16.0 Å². The maximum Gasteiger partial charge on any atom is 0.279 e. The Morgan fingerprint density at radius 2 is 1.86 bits per heavy atom. The van der Waals surface area contributed by atoms with Gasteiger partial charge in [0, 0.05) is 12.6 Å². The first kappa shape index (κ1) is 20.3. The molecule has 2 heterocycles. The molecular weight excluding hydrogens is 368 g/mol. The maximum absolute atomic E-state index is 12.6. The molecule has 0 radical (unpaired) electrons. The average molecular weight is 398 g/mol. The van der Waals surface area contributed by atoms with Crippen LogP contribution in [0.3, 0.4) is 0 Å². The topological polar surface area (TPSA) is 63.5 Å². The highest BCUT2D eigenvalue weighted by atomic mass is 32.1. The van der Waals surface area contributed by atoms with E-state index in [2.05, 4.69) is 71.4 Å². The van der Waals surface area contributed by atoms with E-state index in [0.717, 1.165) is 17.1 Å². The van der Waals surface area contributed by atoms with Crippen molar-refractivity contribution >= 4 is 22.9 Å². The number of rotatable bonds is 7. The lowest BCUT2D eigenvalue weighted by atomic mass is 9.98. The average Bonchev–Trinajstić information content (AvgIpc) is 3.27. The largest absolute Gasteiger partial charge is 0.328 e. The van der Waals surface area contributed by atoms with Gasteiger partial charge < -0.3 is 10.6 Å². The quantitative estimate of drug-likeness (QED) is 0.641. The second kappa shape index (κ2) is 8.71. The second-order valence-corrected chi connectivity index (χ2v) is 8.45. The Kier molecular flexibility index (Phi) is 6.31. The number of hydrogen-bond donors (Lipinski definition) is 2. The molecule has 0 fully saturated rings. The van der Waals surface area contributed by atoms with Gasteiger partial charge in [-0.2, -0.15) is 5.10 Å². The first-order chi connectivity index (χ1) is 13.4. The van der Waals surface area contributed by atoms with Gasteiger partial charge in [0.1, 0.15) is 6.04 Å². The molecule has 3 aromatic rings. The van der Waals surface area contributed by atoms with Gasteiger partial charge in [-0.3, -0.25) is 9.48 Å². The van der Waals surface area contributed by atoms with Crippen LogP contribution in [0.25, 0.3) is 0 Å². The highest BCUT2D eigenvalue weighted by Crippen LogP contribution is 2.24. The van der Waals surface area contributed by atoms with Crippen LogP contribution in [0.1, 0.15) is 53.2 Å². The van der Waals surface area contributed by atoms with Crippen LogP contribution in [0, 0.1) is 13.8 Å². The lowest BCUT2D eigenvalue weighted by molar-refractivity contribution is -0.675. The highest BCUT2D eigenvalue weighted by Gasteiger charge is 2.21. The number of amides is 1. The lowest BCUT2D eigenvalue weighted by Gasteiger charge is -2.16. The van der Waals surface area contributed by atoms with E-state index in [-0.39, 0.29) is 11.9 Å². The zero-order valence-electron chi connectivity index (χ0n) is 17.2. The number of carbonyl (C=O) groups excluding carboxylic acids is 1. The van der Waals surface area contributed by atoms with Crippen molar-refractivity contribution in [1.29, 1.82) is 0 Å². The molecular formula is C22H29N4OS+. The number of quaternary nitrogens is 1. The number of hydrogen-bond acceptors (Lipinski definition) is 3. The summed E-state index contributed by atoms with van der Waals surface area (Å²) in [4.78, 5) is 13.8. The zero-order chi connectivity index (χ0) is 20.3. The van der Waals surface area contributed by atoms with Gasteiger partial charge in [0.2, 0.25) is 0 Å². The number of thiophene rings is 1. The first-order valence-corrected chi connectivity index (χ1v) is 10.5. The van der Waals surface area contributed by atoms with Crippen LogP contribution in [-0.4, -0.2) is 22.2 Å². The summed E-state index contributed by atoms with van der Waals surface area (Å²) < 4.78 is 1.79. The summed E-state index contributed by atoms with van der Waals surface area (Å²) >= 11 is 1.72. The Morgan fingerprint density at radius 1 is 1.18 bits per heavy atom. The van der Waals surface area contributed by atoms with Gasteiger partial charge in [0.05, 0.1) is 22.0 Å². The van der Waals surface area contributed by atoms with E-state index in [4.69, 9.17) is 0 Å². The molecule has 0 bridgehead atoms. The van der Waals surface area contributed by atoms with Crippen molar-refractivity contribution in [1.82, 2.24) is 9.78 Å². The molecule has 1 atom stereocenters. The number of nitrogens with two attached hydrogens (primary N) is 1. The summed E-state index contributed by atoms with van der Waals surface area (Å²) in [6, 6.07) is 13.1. The molecule has 0 aliphatic rings. The van der Waals surface area contributed by atoms with Crippen molar-refractivity contribution in [3.8, 4) is 0 Å². The number of benzene rings is 1. The fraction of sp³-hybridized carbons (Fsp3) is 0.364. The molecule has 1 amide bonds. The molecule has 1 aromatic carbocycles. The van der Waals surface area contributed by atoms with Crippen LogP contribution in [0.2, 0.25) is 0 Å². The van der Waals surface area contributed by atoms with Gasteiger partial charge in [0.15, 0.2) is 6.54 Å². The van der Waals surface area contributed by atoms with Gasteiger partial charge in [-0.25, -0.2) is 0 Å². The number of nitrogens with zero attached hydrogens (tertiary/aromatic N) is 2. The first-order valence-electron chi connectivity index (χ1n) is 9.63. The third-order valence-electron chi connectivity index (χ3n) is 5.12. The predicted octanol–water partition coefficient (Wildman–Crippen LogP) is 3.51. The molecule has 148 valence electrons. The molecule has 28 heavy (non-hydrogen) atoms. The van der Waals surface area contributed by atoms with Crippen LogP contribution < -0.4 is 10.6 Å². The van der Waals surface area contributed by atoms with Gasteiger partial charge in [-0.05, 0) is 36.8 Å². The minimum atomic E-state index is -0.0143. The minimum Gasteiger partial charge on any atom is -0.328 e. The van der Waals surface area contributed by atoms with Gasteiger partial charge in [-0.15, -0.1) is 11.3 Å². The summed E-state index contributed by atoms with van der Waals surface area (Å²) in [5.41, 5.74) is 5.16. The molecule has 0 aliphatic heterocycles. The number of aromatic nitrogens is 2. The van der Waals surface area contributed by atoms with E-state index in [1.54, 1.807) is 16.0 Å². The van der Waals surface area contributed by atoms with Crippen molar-refractivity contribution in [3.05, 3.63) is 69.2 Å². The molecule has 0 saturated heterocycles. The lowest BCUT2D eigenvalue weighted by Crippen LogP contribution is -2.87. The Balaban J connectivity index is 1.73. The van der Waals surface area contributed by atoms with Crippen molar-refractivity contribution in [3.63, 3.8) is 0 Å². The van der Waals surface area contributed by atoms with Gasteiger partial charge >= 0.3 is 0 Å². The van der Waals surface area contributed by atoms with Crippen LogP contribution in [0.15, 0.2) is 41.8 Å². The van der Waals surface area contributed by atoms with Crippen LogP contribution in [0.4, 0.5) is 5.69 Å². The molecule has 0 unspecified atom stereocenters. The summed E-state index contributed by atoms with van der Waals surface area (Å²) in [6.07, 6.45) is 0. The molecule has 0 saturated carbocycles. The van der Waals surface area contributed by atoms with E-state index >= 15 is 0 Å². The van der Waals surface area contributed by atoms with Gasteiger partial charge in [-0.1, -0.05) is 44.2 Å². The van der Waals surface area contributed by atoms with E-state index in [1.807, 2.05) is 20.9 Å². The maximum atomic E-state index is 12.6. The SMILES string of the molecule is Cc1nn(C)c(C)c1NC(=O)C[NH2+][C@@H](c1ccc(C(C)C)cc1)c1cccs1. The number of carbonyl (C=O) groups is 1. The van der Waals surface area contributed by atoms with E-state index in [0.29, 0.717) is 12.5 Å². The Hall–Kier alpha value is -2.44. The van der Waals surface area contributed by atoms with Gasteiger partial charge in [0.25, 0.3) is 5.91 Å². The molecule has 0 aliphatic carbocycles. The minimum absolute atomic E-state index is 0.0143. The molecule has 0 spiro atoms. The fourth-order valence-electron chi connectivity index (χ4n) is 3.34. The monoisotopic (exact) mass is 397 g/mol. The summed E-state index contributed by atoms with van der Waals surface area (Å²) in [6.45, 7) is 8.62. The van der Waals surface area contributed by atoms with E-state index in [9.17, 15) is 4.79 Å². The van der Waals surface area contributed by atoms with Crippen LogP contribution in [-0.2, 0) is 11.8 Å². The van der Waals surface area contributed by atoms with Crippen molar-refractivity contribution in [2.75, 3.05) is 11.9 Å². The van der Waals surface area contributed by atoms with Crippen molar-refractivity contribution in [2.45, 2.75) is 39.7 Å². The number of anilines is 1. The number of nitrogens with one attached hydrogen (secondary N) is 1. The Bertz CT molecular complexity index is 926. The third-order valence-corrected chi connectivity index (χ3v) is 6.08. The summed E-state index contributed by atoms with van der Waals surface area (Å²) in [5, 5.41) is 11.6. The normalized spacial score (nSPS) is 12.4. The Labute approximate surface area is 170 Å². The molecule has 3 rings (SSSR count). The summed E-state index contributed by atoms with van der Waals surface area (Å²) in [5.74, 6) is 0.495. The van der Waals surface area contributed by atoms with Crippen LogP contribution in [0.5, 0.6) is 0 Å². The Morgan fingerprint density at radius 3 is 2.39 bits per heavy atom. The highest BCUT2D eigenvalue weighted by molar-refractivity contribution is 7.10. The predicted molar refractivity (Wildman–Crippen MR) is 115 cm³/mol. The smallest absolute Gasteiger partial charge is 0.279 e. The third kappa shape index (κ3) is 4.51. The zero-order valence-corrected chi connectivity index (χ0v) is 18.0. The standard InChI is InChI=1S/C22H28N4OS/c1-14(2)17-8-10-18(11-9-17)22(19-7-6-12-28-19)23-13-20(27)24-21-15(3)25-26(5)16(21)4/h6-12,14,22-23H,13H2,1-5H3,(H,24,27)/p+1/t22-/m0/s1. The molecule has 6 heteroatoms. The van der Waals surface area contributed by atoms with E-state index < -0.39 is 0 Å². The molecule has 5 nitrogen and oxygen atoms in total. The number of aryl methyl sites for hydroxylation is 2.